The van der Waals surface area contributed by atoms with Gasteiger partial charge in [-0.3, -0.25) is 14.9 Å². The summed E-state index contributed by atoms with van der Waals surface area (Å²) in [6, 6.07) is 14.1. The molecule has 2 N–H and O–H groups in total. The minimum atomic E-state index is -0.998. The first kappa shape index (κ1) is 19.9. The minimum Gasteiger partial charge on any atom is -0.321 e. The summed E-state index contributed by atoms with van der Waals surface area (Å²) in [7, 11) is 0. The Morgan fingerprint density at radius 1 is 0.900 bits per heavy atom. The lowest BCUT2D eigenvalue weighted by Gasteiger charge is -2.11. The average molecular weight is 444 g/mol. The first-order valence-corrected chi connectivity index (χ1v) is 9.83. The lowest BCUT2D eigenvalue weighted by Crippen LogP contribution is -2.19. The first-order chi connectivity index (χ1) is 14.4. The molecule has 30 heavy (non-hydrogen) atoms. The number of anilines is 2. The summed E-state index contributed by atoms with van der Waals surface area (Å²) >= 11 is 7.23. The zero-order valence-corrected chi connectivity index (χ0v) is 16.7. The maximum atomic E-state index is 13.9. The van der Waals surface area contributed by atoms with Crippen molar-refractivity contribution in [3.05, 3.63) is 88.4 Å². The number of para-hydroxylation sites is 1. The van der Waals surface area contributed by atoms with E-state index in [0.717, 1.165) is 16.8 Å². The molecule has 0 spiro atoms. The number of hydrogen-bond acceptors (Lipinski definition) is 4. The molecule has 4 rings (SSSR count). The normalized spacial score (nSPS) is 10.8. The van der Waals surface area contributed by atoms with Crippen LogP contribution in [0.25, 0.3) is 10.2 Å². The molecule has 0 aliphatic rings. The van der Waals surface area contributed by atoms with Crippen molar-refractivity contribution in [3.8, 4) is 0 Å². The van der Waals surface area contributed by atoms with E-state index in [-0.39, 0.29) is 16.8 Å². The predicted octanol–water partition coefficient (Wildman–Crippen LogP) is 5.73. The van der Waals surface area contributed by atoms with Gasteiger partial charge in [-0.2, -0.15) is 0 Å². The van der Waals surface area contributed by atoms with Gasteiger partial charge in [-0.25, -0.2) is 13.8 Å². The Labute approximate surface area is 178 Å². The lowest BCUT2D eigenvalue weighted by atomic mass is 10.1. The molecule has 0 aliphatic carbocycles. The van der Waals surface area contributed by atoms with E-state index < -0.39 is 23.4 Å². The second kappa shape index (κ2) is 8.17. The van der Waals surface area contributed by atoms with Crippen LogP contribution in [-0.2, 0) is 0 Å². The van der Waals surface area contributed by atoms with E-state index in [1.807, 2.05) is 0 Å². The van der Waals surface area contributed by atoms with Crippen molar-refractivity contribution < 1.29 is 18.4 Å². The van der Waals surface area contributed by atoms with Gasteiger partial charge in [0.05, 0.1) is 27.0 Å². The third kappa shape index (κ3) is 4.14. The van der Waals surface area contributed by atoms with E-state index in [1.54, 1.807) is 30.3 Å². The van der Waals surface area contributed by atoms with Crippen LogP contribution < -0.4 is 10.6 Å². The largest absolute Gasteiger partial charge is 0.321 e. The molecule has 0 radical (unpaired) electrons. The Morgan fingerprint density at radius 3 is 2.47 bits per heavy atom. The van der Waals surface area contributed by atoms with Crippen molar-refractivity contribution in [3.63, 3.8) is 0 Å². The van der Waals surface area contributed by atoms with Crippen LogP contribution >= 0.6 is 22.9 Å². The Bertz CT molecular complexity index is 1290. The van der Waals surface area contributed by atoms with Crippen molar-refractivity contribution in [2.45, 2.75) is 0 Å². The van der Waals surface area contributed by atoms with Gasteiger partial charge in [-0.05, 0) is 42.5 Å². The van der Waals surface area contributed by atoms with Gasteiger partial charge < -0.3 is 5.32 Å². The third-order valence-electron chi connectivity index (χ3n) is 4.17. The second-order valence-corrected chi connectivity index (χ2v) is 7.68. The molecule has 0 saturated heterocycles. The summed E-state index contributed by atoms with van der Waals surface area (Å²) < 4.78 is 27.8. The lowest BCUT2D eigenvalue weighted by molar-refractivity contribution is 0.102. The zero-order valence-electron chi connectivity index (χ0n) is 15.1. The maximum Gasteiger partial charge on any atom is 0.259 e. The summed E-state index contributed by atoms with van der Waals surface area (Å²) in [5, 5.41) is 6.11. The van der Waals surface area contributed by atoms with Gasteiger partial charge in [0.15, 0.2) is 5.13 Å². The molecule has 4 aromatic rings. The number of aromatic nitrogens is 1. The average Bonchev–Trinajstić information content (AvgIpc) is 3.09. The van der Waals surface area contributed by atoms with Crippen molar-refractivity contribution in [1.29, 1.82) is 0 Å². The summed E-state index contributed by atoms with van der Waals surface area (Å²) in [5.74, 6) is -3.10. The number of thiazole rings is 1. The molecule has 0 unspecified atom stereocenters. The molecular formula is C21H12ClF2N3O2S. The van der Waals surface area contributed by atoms with E-state index in [4.69, 9.17) is 11.6 Å². The number of nitrogens with zero attached hydrogens (tertiary/aromatic N) is 1. The Kier molecular flexibility index (Phi) is 5.43. The van der Waals surface area contributed by atoms with E-state index >= 15 is 0 Å². The van der Waals surface area contributed by atoms with Gasteiger partial charge in [0.2, 0.25) is 0 Å². The number of rotatable bonds is 4. The summed E-state index contributed by atoms with van der Waals surface area (Å²) in [5.41, 5.74) is 0.682. The molecule has 0 bridgehead atoms. The number of carbonyl (C=O) groups is 2. The number of halogens is 3. The van der Waals surface area contributed by atoms with E-state index in [1.165, 1.54) is 23.5 Å². The molecule has 5 nitrogen and oxygen atoms in total. The summed E-state index contributed by atoms with van der Waals surface area (Å²) in [6.45, 7) is 0. The smallest absolute Gasteiger partial charge is 0.259 e. The van der Waals surface area contributed by atoms with Gasteiger partial charge in [0.25, 0.3) is 11.8 Å². The van der Waals surface area contributed by atoms with Gasteiger partial charge in [-0.15, -0.1) is 0 Å². The van der Waals surface area contributed by atoms with Crippen LogP contribution in [0, 0.1) is 11.6 Å². The van der Waals surface area contributed by atoms with Gasteiger partial charge >= 0.3 is 0 Å². The second-order valence-electron chi connectivity index (χ2n) is 6.21. The highest BCUT2D eigenvalue weighted by Gasteiger charge is 2.18. The van der Waals surface area contributed by atoms with Crippen LogP contribution in [0.5, 0.6) is 0 Å². The van der Waals surface area contributed by atoms with Crippen molar-refractivity contribution >= 4 is 55.8 Å². The zero-order chi connectivity index (χ0) is 21.3. The molecule has 150 valence electrons. The van der Waals surface area contributed by atoms with Gasteiger partial charge in [0.1, 0.15) is 11.6 Å². The highest BCUT2D eigenvalue weighted by atomic mass is 35.5. The maximum absolute atomic E-state index is 13.9. The summed E-state index contributed by atoms with van der Waals surface area (Å²) in [4.78, 5) is 29.5. The molecule has 9 heteroatoms. The highest BCUT2D eigenvalue weighted by Crippen LogP contribution is 2.29. The van der Waals surface area contributed by atoms with Gasteiger partial charge in [0, 0.05) is 11.1 Å². The van der Waals surface area contributed by atoms with Crippen LogP contribution in [0.15, 0.2) is 60.7 Å². The summed E-state index contributed by atoms with van der Waals surface area (Å²) in [6.07, 6.45) is 0. The molecule has 0 fully saturated rings. The molecule has 0 aliphatic heterocycles. The standard InChI is InChI=1S/C21H12ClF2N3O2S/c22-11-5-8-17-18(9-11)30-21(26-17)27-20(29)14-3-1-2-4-16(14)25-19(28)13-7-6-12(23)10-15(13)24/h1-10H,(H,25,28)(H,26,27,29). The molecule has 3 aromatic carbocycles. The number of benzene rings is 3. The quantitative estimate of drug-likeness (QED) is 0.423. The fourth-order valence-electron chi connectivity index (χ4n) is 2.77. The number of nitrogens with one attached hydrogen (secondary N) is 2. The van der Waals surface area contributed by atoms with Crippen molar-refractivity contribution in [2.75, 3.05) is 10.6 Å². The fraction of sp³-hybridized carbons (Fsp3) is 0. The van der Waals surface area contributed by atoms with E-state index in [0.29, 0.717) is 21.7 Å². The minimum absolute atomic E-state index is 0.158. The first-order valence-electron chi connectivity index (χ1n) is 8.63. The van der Waals surface area contributed by atoms with Crippen LogP contribution in [0.2, 0.25) is 5.02 Å². The predicted molar refractivity (Wildman–Crippen MR) is 113 cm³/mol. The monoisotopic (exact) mass is 443 g/mol. The Morgan fingerprint density at radius 2 is 1.67 bits per heavy atom. The highest BCUT2D eigenvalue weighted by molar-refractivity contribution is 7.22. The molecule has 1 aromatic heterocycles. The van der Waals surface area contributed by atoms with E-state index in [2.05, 4.69) is 15.6 Å². The van der Waals surface area contributed by atoms with Crippen LogP contribution in [0.4, 0.5) is 19.6 Å². The SMILES string of the molecule is O=C(Nc1ccccc1C(=O)Nc1nc2ccc(Cl)cc2s1)c1ccc(F)cc1F. The Hall–Kier alpha value is -3.36. The van der Waals surface area contributed by atoms with Crippen LogP contribution in [0.1, 0.15) is 20.7 Å². The molecule has 1 heterocycles. The molecular weight excluding hydrogens is 432 g/mol. The number of carbonyl (C=O) groups excluding carboxylic acids is 2. The van der Waals surface area contributed by atoms with Crippen LogP contribution in [0.3, 0.4) is 0 Å². The molecule has 2 amide bonds. The van der Waals surface area contributed by atoms with Crippen molar-refractivity contribution in [2.24, 2.45) is 0 Å². The molecule has 0 saturated carbocycles. The number of amides is 2. The topological polar surface area (TPSA) is 71.1 Å². The number of fused-ring (bicyclic) bond motifs is 1. The Balaban J connectivity index is 1.57. The van der Waals surface area contributed by atoms with E-state index in [9.17, 15) is 18.4 Å². The van der Waals surface area contributed by atoms with Crippen LogP contribution in [-0.4, -0.2) is 16.8 Å². The third-order valence-corrected chi connectivity index (χ3v) is 5.34. The fourth-order valence-corrected chi connectivity index (χ4v) is 3.91. The number of hydrogen-bond donors (Lipinski definition) is 2. The van der Waals surface area contributed by atoms with Gasteiger partial charge in [-0.1, -0.05) is 35.1 Å². The van der Waals surface area contributed by atoms with Crippen molar-refractivity contribution in [1.82, 2.24) is 4.98 Å². The molecule has 0 atom stereocenters.